The Labute approximate surface area is 112 Å². The second kappa shape index (κ2) is 7.08. The van der Waals surface area contributed by atoms with Crippen LogP contribution in [0.3, 0.4) is 0 Å². The summed E-state index contributed by atoms with van der Waals surface area (Å²) in [5.74, 6) is -0.795. The van der Waals surface area contributed by atoms with Crippen molar-refractivity contribution in [3.05, 3.63) is 0 Å². The quantitative estimate of drug-likeness (QED) is 0.645. The molecule has 1 fully saturated rings. The molecular formula is C12H21N3O4. The fraction of sp³-hybridized carbons (Fsp3) is 0.750. The minimum Gasteiger partial charge on any atom is -0.469 e. The molecule has 0 saturated carbocycles. The molecular weight excluding hydrogens is 250 g/mol. The van der Waals surface area contributed by atoms with Gasteiger partial charge in [-0.2, -0.15) is 0 Å². The lowest BCUT2D eigenvalue weighted by atomic mass is 10.2. The van der Waals surface area contributed by atoms with E-state index in [2.05, 4.69) is 4.74 Å². The van der Waals surface area contributed by atoms with E-state index >= 15 is 0 Å². The van der Waals surface area contributed by atoms with Gasteiger partial charge in [-0.05, 0) is 6.92 Å². The van der Waals surface area contributed by atoms with E-state index in [0.717, 1.165) is 0 Å². The van der Waals surface area contributed by atoms with Crippen molar-refractivity contribution in [1.29, 1.82) is 0 Å². The number of ether oxygens (including phenoxy) is 1. The van der Waals surface area contributed by atoms with Crippen LogP contribution in [-0.2, 0) is 19.1 Å². The molecule has 7 nitrogen and oxygen atoms in total. The minimum absolute atomic E-state index is 0.0585. The van der Waals surface area contributed by atoms with E-state index in [0.29, 0.717) is 26.2 Å². The lowest BCUT2D eigenvalue weighted by Gasteiger charge is -2.36. The van der Waals surface area contributed by atoms with Gasteiger partial charge in [-0.25, -0.2) is 0 Å². The van der Waals surface area contributed by atoms with Crippen molar-refractivity contribution < 1.29 is 19.1 Å². The van der Waals surface area contributed by atoms with Gasteiger partial charge in [0.05, 0.1) is 19.6 Å². The Morgan fingerprint density at radius 1 is 1.16 bits per heavy atom. The summed E-state index contributed by atoms with van der Waals surface area (Å²) in [5.41, 5.74) is 5.25. The van der Waals surface area contributed by atoms with Crippen LogP contribution in [-0.4, -0.2) is 66.9 Å². The zero-order valence-corrected chi connectivity index (χ0v) is 11.4. The van der Waals surface area contributed by atoms with Gasteiger partial charge in [0.15, 0.2) is 0 Å². The molecule has 0 aliphatic carbocycles. The molecule has 1 aliphatic heterocycles. The largest absolute Gasteiger partial charge is 0.469 e. The molecule has 1 atom stereocenters. The van der Waals surface area contributed by atoms with Crippen molar-refractivity contribution in [3.8, 4) is 0 Å². The van der Waals surface area contributed by atoms with Crippen LogP contribution in [0, 0.1) is 0 Å². The zero-order valence-electron chi connectivity index (χ0n) is 11.4. The number of hydrogen-bond acceptors (Lipinski definition) is 5. The second-order valence-electron chi connectivity index (χ2n) is 4.57. The van der Waals surface area contributed by atoms with Crippen LogP contribution in [0.5, 0.6) is 0 Å². The molecule has 1 saturated heterocycles. The van der Waals surface area contributed by atoms with E-state index in [1.807, 2.05) is 4.90 Å². The summed E-state index contributed by atoms with van der Waals surface area (Å²) < 4.78 is 4.49. The fourth-order valence-corrected chi connectivity index (χ4v) is 2.01. The maximum absolute atomic E-state index is 11.8. The molecule has 1 heterocycles. The highest BCUT2D eigenvalue weighted by Gasteiger charge is 2.26. The van der Waals surface area contributed by atoms with Crippen LogP contribution in [0.4, 0.5) is 0 Å². The lowest BCUT2D eigenvalue weighted by molar-refractivity contribution is -0.144. The van der Waals surface area contributed by atoms with Gasteiger partial charge in [0.1, 0.15) is 0 Å². The van der Waals surface area contributed by atoms with E-state index in [1.165, 1.54) is 7.11 Å². The summed E-state index contributed by atoms with van der Waals surface area (Å²) in [6.07, 6.45) is 0.269. The Hall–Kier alpha value is -1.63. The number of nitrogens with two attached hydrogens (primary N) is 1. The summed E-state index contributed by atoms with van der Waals surface area (Å²) >= 11 is 0. The minimum atomic E-state index is -0.380. The van der Waals surface area contributed by atoms with Crippen LogP contribution < -0.4 is 5.73 Å². The van der Waals surface area contributed by atoms with E-state index < -0.39 is 0 Å². The molecule has 7 heteroatoms. The fourth-order valence-electron chi connectivity index (χ4n) is 2.01. The number of esters is 1. The molecule has 1 rings (SSSR count). The van der Waals surface area contributed by atoms with Gasteiger partial charge < -0.3 is 15.4 Å². The molecule has 0 spiro atoms. The van der Waals surface area contributed by atoms with E-state index in [-0.39, 0.29) is 36.7 Å². The molecule has 0 aromatic rings. The van der Waals surface area contributed by atoms with Gasteiger partial charge in [-0.1, -0.05) is 0 Å². The Bertz CT molecular complexity index is 351. The molecule has 2 N–H and O–H groups in total. The highest BCUT2D eigenvalue weighted by atomic mass is 16.5. The number of carbonyl (C=O) groups excluding carboxylic acids is 3. The third-order valence-electron chi connectivity index (χ3n) is 3.40. The molecule has 108 valence electrons. The van der Waals surface area contributed by atoms with Gasteiger partial charge in [0, 0.05) is 32.6 Å². The third kappa shape index (κ3) is 4.51. The highest BCUT2D eigenvalue weighted by molar-refractivity contribution is 5.81. The van der Waals surface area contributed by atoms with Crippen LogP contribution in [0.15, 0.2) is 0 Å². The molecule has 19 heavy (non-hydrogen) atoms. The summed E-state index contributed by atoms with van der Waals surface area (Å²) in [7, 11) is 1.30. The maximum atomic E-state index is 11.8. The van der Waals surface area contributed by atoms with Gasteiger partial charge in [0.2, 0.25) is 11.8 Å². The predicted octanol–water partition coefficient (Wildman–Crippen LogP) is -1.04. The Morgan fingerprint density at radius 3 is 2.21 bits per heavy atom. The number of rotatable bonds is 5. The smallest absolute Gasteiger partial charge is 0.306 e. The monoisotopic (exact) mass is 271 g/mol. The zero-order chi connectivity index (χ0) is 14.4. The Balaban J connectivity index is 2.35. The number of hydrogen-bond donors (Lipinski definition) is 1. The summed E-state index contributed by atoms with van der Waals surface area (Å²) in [5, 5.41) is 0. The van der Waals surface area contributed by atoms with Crippen molar-refractivity contribution in [2.24, 2.45) is 5.73 Å². The third-order valence-corrected chi connectivity index (χ3v) is 3.40. The van der Waals surface area contributed by atoms with E-state index in [1.54, 1.807) is 11.8 Å². The predicted molar refractivity (Wildman–Crippen MR) is 68.1 cm³/mol. The molecule has 1 aliphatic rings. The molecule has 0 aromatic carbocycles. The van der Waals surface area contributed by atoms with Crippen LogP contribution in [0.25, 0.3) is 0 Å². The van der Waals surface area contributed by atoms with Gasteiger partial charge in [-0.15, -0.1) is 0 Å². The summed E-state index contributed by atoms with van der Waals surface area (Å²) in [6, 6.07) is -0.313. The first-order chi connectivity index (χ1) is 8.95. The van der Waals surface area contributed by atoms with E-state index in [9.17, 15) is 14.4 Å². The molecule has 2 amide bonds. The first-order valence-corrected chi connectivity index (χ1v) is 6.33. The number of primary amides is 1. The van der Waals surface area contributed by atoms with Crippen molar-refractivity contribution in [2.75, 3.05) is 33.3 Å². The molecule has 1 unspecified atom stereocenters. The van der Waals surface area contributed by atoms with Crippen LogP contribution in [0.2, 0.25) is 0 Å². The standard InChI is InChI=1S/C12H21N3O4/c1-9(12(13)18)14-5-7-15(8-6-14)10(16)3-4-11(17)19-2/h9H,3-8H2,1-2H3,(H2,13,18). The SMILES string of the molecule is COC(=O)CCC(=O)N1CCN(C(C)C(N)=O)CC1. The van der Waals surface area contributed by atoms with Crippen molar-refractivity contribution in [3.63, 3.8) is 0 Å². The molecule has 0 bridgehead atoms. The number of carbonyl (C=O) groups is 3. The normalized spacial score (nSPS) is 17.9. The lowest BCUT2D eigenvalue weighted by Crippen LogP contribution is -2.54. The Morgan fingerprint density at radius 2 is 1.74 bits per heavy atom. The summed E-state index contributed by atoms with van der Waals surface area (Å²) in [6.45, 7) is 4.11. The number of nitrogens with zero attached hydrogens (tertiary/aromatic N) is 2. The van der Waals surface area contributed by atoms with Gasteiger partial charge in [-0.3, -0.25) is 19.3 Å². The van der Waals surface area contributed by atoms with E-state index in [4.69, 9.17) is 5.73 Å². The first-order valence-electron chi connectivity index (χ1n) is 6.33. The average Bonchev–Trinajstić information content (AvgIpc) is 2.43. The molecule has 0 radical (unpaired) electrons. The van der Waals surface area contributed by atoms with Crippen molar-refractivity contribution >= 4 is 17.8 Å². The van der Waals surface area contributed by atoms with Crippen LogP contribution >= 0.6 is 0 Å². The number of amides is 2. The van der Waals surface area contributed by atoms with Gasteiger partial charge in [0.25, 0.3) is 0 Å². The average molecular weight is 271 g/mol. The maximum Gasteiger partial charge on any atom is 0.306 e. The Kier molecular flexibility index (Phi) is 5.75. The molecule has 0 aromatic heterocycles. The van der Waals surface area contributed by atoms with Crippen LogP contribution in [0.1, 0.15) is 19.8 Å². The number of methoxy groups -OCH3 is 1. The van der Waals surface area contributed by atoms with Crippen molar-refractivity contribution in [1.82, 2.24) is 9.80 Å². The van der Waals surface area contributed by atoms with Gasteiger partial charge >= 0.3 is 5.97 Å². The summed E-state index contributed by atoms with van der Waals surface area (Å²) in [4.78, 5) is 37.5. The number of piperazine rings is 1. The first kappa shape index (κ1) is 15.4. The second-order valence-corrected chi connectivity index (χ2v) is 4.57. The van der Waals surface area contributed by atoms with Crippen molar-refractivity contribution in [2.45, 2.75) is 25.8 Å². The highest BCUT2D eigenvalue weighted by Crippen LogP contribution is 2.08. The topological polar surface area (TPSA) is 92.9 Å².